The van der Waals surface area contributed by atoms with Crippen molar-refractivity contribution in [1.29, 1.82) is 0 Å². The number of β-amino-alcohol motifs (C(OH)–C–C–N with tert-alkyl or cyclic N) is 1. The van der Waals surface area contributed by atoms with Crippen molar-refractivity contribution in [3.63, 3.8) is 0 Å². The molecule has 1 amide bonds. The summed E-state index contributed by atoms with van der Waals surface area (Å²) in [7, 11) is 0. The molecule has 7 nitrogen and oxygen atoms in total. The van der Waals surface area contributed by atoms with Crippen LogP contribution in [-0.4, -0.2) is 64.6 Å². The molecule has 0 bridgehead atoms. The lowest BCUT2D eigenvalue weighted by atomic mass is 10.1. The SMILES string of the molecule is C=CCC[C@@H](O)CN1CCN(Cc2nc(C(=O)NCc3ccc(F)cc3)co2)CC1. The third-order valence-corrected chi connectivity index (χ3v) is 5.15. The van der Waals surface area contributed by atoms with E-state index in [-0.39, 0.29) is 23.5 Å². The van der Waals surface area contributed by atoms with Crippen LogP contribution in [-0.2, 0) is 13.1 Å². The van der Waals surface area contributed by atoms with Gasteiger partial charge in [0.15, 0.2) is 5.69 Å². The zero-order valence-electron chi connectivity index (χ0n) is 17.1. The third-order valence-electron chi connectivity index (χ3n) is 5.15. The van der Waals surface area contributed by atoms with Crippen molar-refractivity contribution >= 4 is 5.91 Å². The van der Waals surface area contributed by atoms with Gasteiger partial charge in [0.25, 0.3) is 5.91 Å². The molecule has 2 heterocycles. The maximum absolute atomic E-state index is 12.9. The van der Waals surface area contributed by atoms with E-state index in [1.165, 1.54) is 18.4 Å². The predicted molar refractivity (Wildman–Crippen MR) is 111 cm³/mol. The van der Waals surface area contributed by atoms with E-state index in [2.05, 4.69) is 26.7 Å². The van der Waals surface area contributed by atoms with Crippen molar-refractivity contribution in [2.24, 2.45) is 0 Å². The summed E-state index contributed by atoms with van der Waals surface area (Å²) in [6.07, 6.45) is 4.44. The van der Waals surface area contributed by atoms with Crippen molar-refractivity contribution in [2.45, 2.75) is 32.0 Å². The van der Waals surface area contributed by atoms with E-state index in [9.17, 15) is 14.3 Å². The van der Waals surface area contributed by atoms with E-state index < -0.39 is 0 Å². The molecule has 1 aliphatic heterocycles. The molecular formula is C22H29FN4O3. The van der Waals surface area contributed by atoms with Gasteiger partial charge >= 0.3 is 0 Å². The first-order valence-corrected chi connectivity index (χ1v) is 10.2. The number of carbonyl (C=O) groups excluding carboxylic acids is 1. The van der Waals surface area contributed by atoms with Gasteiger partial charge < -0.3 is 14.8 Å². The minimum atomic E-state index is -0.326. The molecule has 3 rings (SSSR count). The first-order valence-electron chi connectivity index (χ1n) is 10.2. The molecule has 1 atom stereocenters. The molecule has 8 heteroatoms. The molecule has 0 saturated carbocycles. The van der Waals surface area contributed by atoms with Gasteiger partial charge in [0.05, 0.1) is 12.6 Å². The first kappa shape index (κ1) is 22.1. The Morgan fingerprint density at radius 3 is 2.67 bits per heavy atom. The summed E-state index contributed by atoms with van der Waals surface area (Å²) in [6.45, 7) is 8.64. The van der Waals surface area contributed by atoms with Crippen LogP contribution in [0.2, 0.25) is 0 Å². The Balaban J connectivity index is 1.40. The Morgan fingerprint density at radius 1 is 1.27 bits per heavy atom. The summed E-state index contributed by atoms with van der Waals surface area (Å²) in [5, 5.41) is 12.8. The minimum absolute atomic E-state index is 0.232. The topological polar surface area (TPSA) is 81.8 Å². The van der Waals surface area contributed by atoms with Crippen LogP contribution in [0.3, 0.4) is 0 Å². The molecule has 30 heavy (non-hydrogen) atoms. The Bertz CT molecular complexity index is 816. The van der Waals surface area contributed by atoms with Gasteiger partial charge in [-0.1, -0.05) is 18.2 Å². The van der Waals surface area contributed by atoms with Gasteiger partial charge in [-0.15, -0.1) is 6.58 Å². The molecule has 1 aromatic carbocycles. The van der Waals surface area contributed by atoms with Gasteiger partial charge in [-0.05, 0) is 30.5 Å². The highest BCUT2D eigenvalue weighted by Gasteiger charge is 2.21. The molecule has 1 fully saturated rings. The summed E-state index contributed by atoms with van der Waals surface area (Å²) in [6, 6.07) is 5.97. The monoisotopic (exact) mass is 416 g/mol. The Kier molecular flexibility index (Phi) is 8.12. The summed E-state index contributed by atoms with van der Waals surface area (Å²) in [5.74, 6) is -0.134. The van der Waals surface area contributed by atoms with Crippen molar-refractivity contribution in [1.82, 2.24) is 20.1 Å². The number of halogens is 1. The molecule has 0 unspecified atom stereocenters. The first-order chi connectivity index (χ1) is 14.5. The lowest BCUT2D eigenvalue weighted by Crippen LogP contribution is -2.48. The quantitative estimate of drug-likeness (QED) is 0.578. The van der Waals surface area contributed by atoms with Crippen LogP contribution in [0.4, 0.5) is 4.39 Å². The van der Waals surface area contributed by atoms with E-state index in [4.69, 9.17) is 4.42 Å². The number of hydrogen-bond donors (Lipinski definition) is 2. The van der Waals surface area contributed by atoms with E-state index in [0.29, 0.717) is 25.5 Å². The van der Waals surface area contributed by atoms with Crippen LogP contribution in [0.25, 0.3) is 0 Å². The normalized spacial score (nSPS) is 16.3. The molecule has 1 saturated heterocycles. The van der Waals surface area contributed by atoms with Crippen LogP contribution in [0.1, 0.15) is 34.8 Å². The zero-order chi connectivity index (χ0) is 21.3. The Labute approximate surface area is 176 Å². The number of nitrogens with one attached hydrogen (secondary N) is 1. The van der Waals surface area contributed by atoms with Crippen molar-refractivity contribution < 1.29 is 18.7 Å². The number of piperazine rings is 1. The number of rotatable bonds is 10. The van der Waals surface area contributed by atoms with Gasteiger partial charge in [0, 0.05) is 39.3 Å². The van der Waals surface area contributed by atoms with Crippen LogP contribution in [0.5, 0.6) is 0 Å². The van der Waals surface area contributed by atoms with Crippen LogP contribution in [0, 0.1) is 5.82 Å². The number of hydrogen-bond acceptors (Lipinski definition) is 6. The minimum Gasteiger partial charge on any atom is -0.447 e. The van der Waals surface area contributed by atoms with Crippen LogP contribution in [0.15, 0.2) is 47.6 Å². The standard InChI is InChI=1S/C22H29FN4O3/c1-2-3-4-19(28)14-26-9-11-27(12-10-26)15-21-25-20(16-30-21)22(29)24-13-17-5-7-18(23)8-6-17/h2,5-8,16,19,28H,1,3-4,9-15H2,(H,24,29)/t19-/m1/s1. The number of amides is 1. The summed E-state index contributed by atoms with van der Waals surface area (Å²) in [5.41, 5.74) is 1.04. The average molecular weight is 416 g/mol. The number of allylic oxidation sites excluding steroid dienone is 1. The molecular weight excluding hydrogens is 387 g/mol. The number of aromatic nitrogens is 1. The fourth-order valence-corrected chi connectivity index (χ4v) is 3.38. The maximum Gasteiger partial charge on any atom is 0.273 e. The van der Waals surface area contributed by atoms with Gasteiger partial charge in [-0.3, -0.25) is 14.6 Å². The smallest absolute Gasteiger partial charge is 0.273 e. The number of carbonyl (C=O) groups is 1. The number of benzene rings is 1. The second-order valence-electron chi connectivity index (χ2n) is 7.53. The molecule has 0 aliphatic carbocycles. The maximum atomic E-state index is 12.9. The number of oxazole rings is 1. The fraction of sp³-hybridized carbons (Fsp3) is 0.455. The molecule has 2 N–H and O–H groups in total. The summed E-state index contributed by atoms with van der Waals surface area (Å²) >= 11 is 0. The van der Waals surface area contributed by atoms with E-state index in [1.807, 2.05) is 6.08 Å². The molecule has 2 aromatic rings. The van der Waals surface area contributed by atoms with Crippen molar-refractivity contribution in [3.8, 4) is 0 Å². The number of aliphatic hydroxyl groups is 1. The molecule has 0 radical (unpaired) electrons. The van der Waals surface area contributed by atoms with Gasteiger partial charge in [-0.25, -0.2) is 9.37 Å². The second-order valence-corrected chi connectivity index (χ2v) is 7.53. The van der Waals surface area contributed by atoms with Crippen molar-refractivity contribution in [2.75, 3.05) is 32.7 Å². The number of aliphatic hydroxyl groups excluding tert-OH is 1. The van der Waals surface area contributed by atoms with Crippen molar-refractivity contribution in [3.05, 3.63) is 66.1 Å². The van der Waals surface area contributed by atoms with Gasteiger partial charge in [0.2, 0.25) is 5.89 Å². The predicted octanol–water partition coefficient (Wildman–Crippen LogP) is 2.19. The van der Waals surface area contributed by atoms with E-state index >= 15 is 0 Å². The van der Waals surface area contributed by atoms with E-state index in [0.717, 1.165) is 44.6 Å². The molecule has 1 aromatic heterocycles. The highest BCUT2D eigenvalue weighted by molar-refractivity contribution is 5.91. The zero-order valence-corrected chi connectivity index (χ0v) is 17.1. The fourth-order valence-electron chi connectivity index (χ4n) is 3.38. The largest absolute Gasteiger partial charge is 0.447 e. The Morgan fingerprint density at radius 2 is 1.97 bits per heavy atom. The third kappa shape index (κ3) is 6.76. The molecule has 162 valence electrons. The van der Waals surface area contributed by atoms with Gasteiger partial charge in [-0.2, -0.15) is 0 Å². The average Bonchev–Trinajstić information content (AvgIpc) is 3.21. The number of nitrogens with zero attached hydrogens (tertiary/aromatic N) is 3. The lowest BCUT2D eigenvalue weighted by molar-refractivity contribution is 0.0642. The lowest BCUT2D eigenvalue weighted by Gasteiger charge is -2.34. The van der Waals surface area contributed by atoms with E-state index in [1.54, 1.807) is 12.1 Å². The Hall–Kier alpha value is -2.55. The van der Waals surface area contributed by atoms with Crippen LogP contribution >= 0.6 is 0 Å². The van der Waals surface area contributed by atoms with Gasteiger partial charge in [0.1, 0.15) is 12.1 Å². The highest BCUT2D eigenvalue weighted by atomic mass is 19.1. The second kappa shape index (κ2) is 11.0. The molecule has 0 spiro atoms. The van der Waals surface area contributed by atoms with Crippen LogP contribution < -0.4 is 5.32 Å². The molecule has 1 aliphatic rings. The summed E-state index contributed by atoms with van der Waals surface area (Å²) < 4.78 is 18.4. The summed E-state index contributed by atoms with van der Waals surface area (Å²) in [4.78, 5) is 21.0. The highest BCUT2D eigenvalue weighted by Crippen LogP contribution is 2.11.